The number of hydrogen-bond donors (Lipinski definition) is 1. The number of nitrogens with zero attached hydrogens (tertiary/aromatic N) is 1. The molecule has 18 heavy (non-hydrogen) atoms. The minimum Gasteiger partial charge on any atom is -0.383 e. The van der Waals surface area contributed by atoms with Crippen LogP contribution in [0.15, 0.2) is 0 Å². The molecule has 1 heterocycles. The zero-order chi connectivity index (χ0) is 13.6. The van der Waals surface area contributed by atoms with Crippen LogP contribution in [-0.4, -0.2) is 56.4 Å². The summed E-state index contributed by atoms with van der Waals surface area (Å²) in [6, 6.07) is 0. The van der Waals surface area contributed by atoms with Crippen molar-refractivity contribution in [2.45, 2.75) is 32.2 Å². The van der Waals surface area contributed by atoms with Crippen LogP contribution in [0.4, 0.5) is 0 Å². The number of carbonyl (C=O) groups excluding carboxylic acids is 1. The maximum Gasteiger partial charge on any atom is 0.242 e. The molecule has 0 aromatic heterocycles. The summed E-state index contributed by atoms with van der Waals surface area (Å²) in [6.45, 7) is 7.21. The van der Waals surface area contributed by atoms with Gasteiger partial charge in [-0.2, -0.15) is 0 Å². The molecular weight excluding hydrogens is 232 g/mol. The van der Waals surface area contributed by atoms with E-state index in [4.69, 9.17) is 15.2 Å². The Morgan fingerprint density at radius 1 is 1.44 bits per heavy atom. The number of rotatable bonds is 6. The van der Waals surface area contributed by atoms with Crippen molar-refractivity contribution in [1.82, 2.24) is 4.90 Å². The first-order valence-corrected chi connectivity index (χ1v) is 6.64. The molecule has 0 unspecified atom stereocenters. The van der Waals surface area contributed by atoms with E-state index in [0.29, 0.717) is 45.1 Å². The highest BCUT2D eigenvalue weighted by Gasteiger charge is 2.38. The van der Waals surface area contributed by atoms with Crippen molar-refractivity contribution in [3.63, 3.8) is 0 Å². The summed E-state index contributed by atoms with van der Waals surface area (Å²) in [5, 5.41) is 0. The van der Waals surface area contributed by atoms with Gasteiger partial charge in [-0.25, -0.2) is 0 Å². The van der Waals surface area contributed by atoms with E-state index in [-0.39, 0.29) is 5.91 Å². The van der Waals surface area contributed by atoms with Crippen LogP contribution >= 0.6 is 0 Å². The van der Waals surface area contributed by atoms with Crippen LogP contribution in [-0.2, 0) is 14.3 Å². The van der Waals surface area contributed by atoms with Gasteiger partial charge in [-0.15, -0.1) is 0 Å². The lowest BCUT2D eigenvalue weighted by Crippen LogP contribution is -2.59. The van der Waals surface area contributed by atoms with Gasteiger partial charge in [-0.05, 0) is 18.8 Å². The lowest BCUT2D eigenvalue weighted by atomic mass is 9.89. The number of ether oxygens (including phenoxy) is 2. The van der Waals surface area contributed by atoms with Gasteiger partial charge in [0.2, 0.25) is 5.91 Å². The van der Waals surface area contributed by atoms with Crippen LogP contribution in [0.3, 0.4) is 0 Å². The molecule has 5 nitrogen and oxygen atoms in total. The summed E-state index contributed by atoms with van der Waals surface area (Å²) in [5.74, 6) is 0.464. The van der Waals surface area contributed by atoms with Crippen molar-refractivity contribution < 1.29 is 14.3 Å². The minimum absolute atomic E-state index is 0.0385. The molecule has 1 aliphatic rings. The fourth-order valence-corrected chi connectivity index (χ4v) is 2.18. The molecule has 1 fully saturated rings. The first-order chi connectivity index (χ1) is 8.49. The summed E-state index contributed by atoms with van der Waals surface area (Å²) in [6.07, 6.45) is 1.21. The largest absolute Gasteiger partial charge is 0.383 e. The summed E-state index contributed by atoms with van der Waals surface area (Å²) in [7, 11) is 1.64. The standard InChI is InChI=1S/C13H26N2O3/c1-11(2)10-15(6-9-17-3)12(16)13(14)4-7-18-8-5-13/h11H,4-10,14H2,1-3H3. The van der Waals surface area contributed by atoms with Crippen molar-refractivity contribution in [3.8, 4) is 0 Å². The van der Waals surface area contributed by atoms with Crippen molar-refractivity contribution >= 4 is 5.91 Å². The molecule has 2 N–H and O–H groups in total. The number of amides is 1. The Labute approximate surface area is 110 Å². The second kappa shape index (κ2) is 7.07. The first-order valence-electron chi connectivity index (χ1n) is 6.64. The van der Waals surface area contributed by atoms with Crippen molar-refractivity contribution in [1.29, 1.82) is 0 Å². The predicted octanol–water partition coefficient (Wildman–Crippen LogP) is 0.625. The molecule has 0 aromatic carbocycles. The van der Waals surface area contributed by atoms with Crippen molar-refractivity contribution in [3.05, 3.63) is 0 Å². The van der Waals surface area contributed by atoms with E-state index >= 15 is 0 Å². The quantitative estimate of drug-likeness (QED) is 0.759. The van der Waals surface area contributed by atoms with E-state index in [2.05, 4.69) is 13.8 Å². The molecule has 1 saturated heterocycles. The van der Waals surface area contributed by atoms with Gasteiger partial charge in [-0.3, -0.25) is 4.79 Å². The smallest absolute Gasteiger partial charge is 0.242 e. The molecule has 106 valence electrons. The molecule has 1 aliphatic heterocycles. The molecule has 0 aromatic rings. The third kappa shape index (κ3) is 4.23. The molecule has 0 saturated carbocycles. The highest BCUT2D eigenvalue weighted by atomic mass is 16.5. The summed E-state index contributed by atoms with van der Waals surface area (Å²) in [4.78, 5) is 14.4. The summed E-state index contributed by atoms with van der Waals surface area (Å²) < 4.78 is 10.3. The van der Waals surface area contributed by atoms with Crippen LogP contribution < -0.4 is 5.73 Å². The predicted molar refractivity (Wildman–Crippen MR) is 70.3 cm³/mol. The Morgan fingerprint density at radius 3 is 2.56 bits per heavy atom. The van der Waals surface area contributed by atoms with E-state index in [0.717, 1.165) is 6.54 Å². The maximum atomic E-state index is 12.6. The van der Waals surface area contributed by atoms with E-state index in [1.807, 2.05) is 4.90 Å². The molecule has 0 aliphatic carbocycles. The fourth-order valence-electron chi connectivity index (χ4n) is 2.18. The van der Waals surface area contributed by atoms with Gasteiger partial charge in [0.05, 0.1) is 12.1 Å². The number of hydrogen-bond acceptors (Lipinski definition) is 4. The van der Waals surface area contributed by atoms with Crippen molar-refractivity contribution in [2.75, 3.05) is 40.0 Å². The highest BCUT2D eigenvalue weighted by molar-refractivity contribution is 5.86. The third-order valence-corrected chi connectivity index (χ3v) is 3.25. The zero-order valence-electron chi connectivity index (χ0n) is 11.8. The van der Waals surface area contributed by atoms with Gasteiger partial charge < -0.3 is 20.1 Å². The lowest BCUT2D eigenvalue weighted by Gasteiger charge is -2.37. The highest BCUT2D eigenvalue weighted by Crippen LogP contribution is 2.21. The zero-order valence-corrected chi connectivity index (χ0v) is 11.8. The average Bonchev–Trinajstić information content (AvgIpc) is 2.34. The van der Waals surface area contributed by atoms with Crippen LogP contribution in [0.25, 0.3) is 0 Å². The Kier molecular flexibility index (Phi) is 6.05. The Bertz CT molecular complexity index is 263. The number of carbonyl (C=O) groups is 1. The number of methoxy groups -OCH3 is 1. The second-order valence-electron chi connectivity index (χ2n) is 5.41. The Hall–Kier alpha value is -0.650. The topological polar surface area (TPSA) is 64.8 Å². The molecule has 0 atom stereocenters. The van der Waals surface area contributed by atoms with Crippen LogP contribution in [0, 0.1) is 5.92 Å². The summed E-state index contributed by atoms with van der Waals surface area (Å²) in [5.41, 5.74) is 5.49. The van der Waals surface area contributed by atoms with Gasteiger partial charge in [0.25, 0.3) is 0 Å². The lowest BCUT2D eigenvalue weighted by molar-refractivity contribution is -0.141. The van der Waals surface area contributed by atoms with Gasteiger partial charge >= 0.3 is 0 Å². The van der Waals surface area contributed by atoms with Crippen molar-refractivity contribution in [2.24, 2.45) is 11.7 Å². The molecule has 0 bridgehead atoms. The van der Waals surface area contributed by atoms with E-state index in [1.54, 1.807) is 7.11 Å². The maximum absolute atomic E-state index is 12.6. The average molecular weight is 258 g/mol. The van der Waals surface area contributed by atoms with Crippen LogP contribution in [0.5, 0.6) is 0 Å². The molecule has 1 amide bonds. The van der Waals surface area contributed by atoms with E-state index in [1.165, 1.54) is 0 Å². The normalized spacial score (nSPS) is 18.9. The van der Waals surface area contributed by atoms with Gasteiger partial charge in [0, 0.05) is 33.4 Å². The van der Waals surface area contributed by atoms with Crippen LogP contribution in [0.1, 0.15) is 26.7 Å². The Morgan fingerprint density at radius 2 is 2.06 bits per heavy atom. The minimum atomic E-state index is -0.749. The monoisotopic (exact) mass is 258 g/mol. The molecule has 5 heteroatoms. The van der Waals surface area contributed by atoms with E-state index < -0.39 is 5.54 Å². The van der Waals surface area contributed by atoms with E-state index in [9.17, 15) is 4.79 Å². The summed E-state index contributed by atoms with van der Waals surface area (Å²) >= 11 is 0. The SMILES string of the molecule is COCCN(CC(C)C)C(=O)C1(N)CCOCC1. The fraction of sp³-hybridized carbons (Fsp3) is 0.923. The van der Waals surface area contributed by atoms with Gasteiger partial charge in [0.15, 0.2) is 0 Å². The molecule has 0 radical (unpaired) electrons. The van der Waals surface area contributed by atoms with Crippen LogP contribution in [0.2, 0.25) is 0 Å². The molecule has 0 spiro atoms. The Balaban J connectivity index is 2.66. The third-order valence-electron chi connectivity index (χ3n) is 3.25. The molecular formula is C13H26N2O3. The second-order valence-corrected chi connectivity index (χ2v) is 5.41. The first kappa shape index (κ1) is 15.4. The van der Waals surface area contributed by atoms with Gasteiger partial charge in [-0.1, -0.05) is 13.8 Å². The molecule has 1 rings (SSSR count). The van der Waals surface area contributed by atoms with Gasteiger partial charge in [0.1, 0.15) is 0 Å². The number of nitrogens with two attached hydrogens (primary N) is 1.